The van der Waals surface area contributed by atoms with E-state index in [4.69, 9.17) is 18.9 Å². The van der Waals surface area contributed by atoms with Crippen LogP contribution in [0.15, 0.2) is 12.1 Å². The van der Waals surface area contributed by atoms with Crippen molar-refractivity contribution < 1.29 is 28.5 Å². The summed E-state index contributed by atoms with van der Waals surface area (Å²) in [7, 11) is 4.57. The molecule has 5 rings (SSSR count). The second kappa shape index (κ2) is 8.36. The molecule has 4 bridgehead atoms. The van der Waals surface area contributed by atoms with E-state index in [1.165, 1.54) is 40.6 Å². The number of rotatable bonds is 8. The topological polar surface area (TPSA) is 83.1 Å². The number of benzene rings is 1. The first kappa shape index (κ1) is 20.8. The van der Waals surface area contributed by atoms with E-state index in [-0.39, 0.29) is 24.5 Å². The number of amides is 1. The van der Waals surface area contributed by atoms with Gasteiger partial charge in [0, 0.05) is 5.54 Å². The van der Waals surface area contributed by atoms with Crippen LogP contribution < -0.4 is 19.5 Å². The van der Waals surface area contributed by atoms with Crippen molar-refractivity contribution in [1.82, 2.24) is 5.32 Å². The van der Waals surface area contributed by atoms with Gasteiger partial charge in [-0.2, -0.15) is 0 Å². The van der Waals surface area contributed by atoms with E-state index in [0.29, 0.717) is 22.8 Å². The van der Waals surface area contributed by atoms with E-state index in [0.717, 1.165) is 37.0 Å². The van der Waals surface area contributed by atoms with Crippen LogP contribution in [0.2, 0.25) is 0 Å². The van der Waals surface area contributed by atoms with Gasteiger partial charge in [0.2, 0.25) is 5.75 Å². The van der Waals surface area contributed by atoms with Gasteiger partial charge in [-0.1, -0.05) is 0 Å². The van der Waals surface area contributed by atoms with Gasteiger partial charge in [-0.15, -0.1) is 0 Å². The molecule has 1 aromatic rings. The average molecular weight is 418 g/mol. The van der Waals surface area contributed by atoms with Gasteiger partial charge < -0.3 is 24.3 Å². The Morgan fingerprint density at radius 2 is 1.47 bits per heavy atom. The van der Waals surface area contributed by atoms with Crippen LogP contribution in [0.3, 0.4) is 0 Å². The maximum atomic E-state index is 12.5. The third-order valence-electron chi connectivity index (χ3n) is 6.88. The van der Waals surface area contributed by atoms with E-state index in [9.17, 15) is 9.59 Å². The molecule has 7 heteroatoms. The smallest absolute Gasteiger partial charge is 0.310 e. The Morgan fingerprint density at radius 3 is 1.93 bits per heavy atom. The molecule has 1 N–H and O–H groups in total. The van der Waals surface area contributed by atoms with Crippen molar-refractivity contribution in [1.29, 1.82) is 0 Å². The van der Waals surface area contributed by atoms with Crippen LogP contribution in [0.5, 0.6) is 17.2 Å². The fourth-order valence-corrected chi connectivity index (χ4v) is 6.20. The van der Waals surface area contributed by atoms with Gasteiger partial charge in [0.15, 0.2) is 18.1 Å². The lowest BCUT2D eigenvalue weighted by Gasteiger charge is -2.56. The van der Waals surface area contributed by atoms with E-state index in [1.54, 1.807) is 12.1 Å². The Morgan fingerprint density at radius 1 is 0.933 bits per heavy atom. The van der Waals surface area contributed by atoms with E-state index >= 15 is 0 Å². The summed E-state index contributed by atoms with van der Waals surface area (Å²) in [6.45, 7) is -0.245. The molecule has 0 aliphatic heterocycles. The van der Waals surface area contributed by atoms with Crippen molar-refractivity contribution in [3.8, 4) is 17.2 Å². The predicted octanol–water partition coefficient (Wildman–Crippen LogP) is 2.88. The molecule has 4 saturated carbocycles. The van der Waals surface area contributed by atoms with Gasteiger partial charge >= 0.3 is 5.97 Å². The SMILES string of the molecule is COc1cc(CC(=O)OCC(=O)NC23CC4CC(CC(C4)C2)C3)cc(OC)c1OC. The van der Waals surface area contributed by atoms with Crippen molar-refractivity contribution in [2.45, 2.75) is 50.5 Å². The number of esters is 1. The number of methoxy groups -OCH3 is 3. The second-order valence-electron chi connectivity index (χ2n) is 9.12. The first-order chi connectivity index (χ1) is 14.4. The van der Waals surface area contributed by atoms with Crippen LogP contribution in [0, 0.1) is 17.8 Å². The highest BCUT2D eigenvalue weighted by Crippen LogP contribution is 2.55. The standard InChI is InChI=1S/C23H31NO6/c1-27-18-7-14(8-19(28-2)22(18)29-3)9-21(26)30-13-20(25)24-23-10-15-4-16(11-23)6-17(5-15)12-23/h7-8,15-17H,4-6,9-13H2,1-3H3,(H,24,25). The predicted molar refractivity (Wildman–Crippen MR) is 110 cm³/mol. The molecule has 4 fully saturated rings. The minimum Gasteiger partial charge on any atom is -0.493 e. The molecule has 0 saturated heterocycles. The maximum absolute atomic E-state index is 12.5. The van der Waals surface area contributed by atoms with Gasteiger partial charge in [0.05, 0.1) is 27.8 Å². The van der Waals surface area contributed by atoms with Gasteiger partial charge in [-0.25, -0.2) is 0 Å². The number of carbonyl (C=O) groups is 2. The van der Waals surface area contributed by atoms with Gasteiger partial charge in [-0.05, 0) is 74.0 Å². The number of nitrogens with one attached hydrogen (secondary N) is 1. The summed E-state index contributed by atoms with van der Waals surface area (Å²) in [5, 5.41) is 3.22. The molecule has 164 valence electrons. The molecule has 7 nitrogen and oxygen atoms in total. The molecule has 1 aromatic carbocycles. The summed E-state index contributed by atoms with van der Waals surface area (Å²) in [6, 6.07) is 3.41. The van der Waals surface area contributed by atoms with E-state index < -0.39 is 5.97 Å². The summed E-state index contributed by atoms with van der Waals surface area (Å²) in [5.74, 6) is 2.99. The molecular formula is C23H31NO6. The summed E-state index contributed by atoms with van der Waals surface area (Å²) in [4.78, 5) is 24.8. The quantitative estimate of drug-likeness (QED) is 0.655. The second-order valence-corrected chi connectivity index (χ2v) is 9.12. The van der Waals surface area contributed by atoms with Crippen LogP contribution in [0.25, 0.3) is 0 Å². The highest BCUT2D eigenvalue weighted by molar-refractivity contribution is 5.82. The van der Waals surface area contributed by atoms with Crippen LogP contribution in [0.1, 0.15) is 44.1 Å². The van der Waals surface area contributed by atoms with Crippen LogP contribution >= 0.6 is 0 Å². The molecular weight excluding hydrogens is 386 g/mol. The summed E-state index contributed by atoms with van der Waals surface area (Å²) >= 11 is 0. The van der Waals surface area contributed by atoms with Gasteiger partial charge in [-0.3, -0.25) is 9.59 Å². The first-order valence-electron chi connectivity index (χ1n) is 10.7. The largest absolute Gasteiger partial charge is 0.493 e. The first-order valence-corrected chi connectivity index (χ1v) is 10.7. The summed E-state index contributed by atoms with van der Waals surface area (Å²) in [5.41, 5.74) is 0.589. The lowest BCUT2D eigenvalue weighted by atomic mass is 9.53. The molecule has 0 spiro atoms. The third kappa shape index (κ3) is 4.20. The molecule has 1 amide bonds. The molecule has 4 aliphatic rings. The van der Waals surface area contributed by atoms with Crippen LogP contribution in [-0.2, 0) is 20.7 Å². The lowest BCUT2D eigenvalue weighted by Crippen LogP contribution is -2.60. The Hall–Kier alpha value is -2.44. The Balaban J connectivity index is 1.31. The van der Waals surface area contributed by atoms with Crippen molar-refractivity contribution in [2.24, 2.45) is 17.8 Å². The molecule has 30 heavy (non-hydrogen) atoms. The van der Waals surface area contributed by atoms with Crippen molar-refractivity contribution in [2.75, 3.05) is 27.9 Å². The Labute approximate surface area is 177 Å². The zero-order valence-electron chi connectivity index (χ0n) is 18.0. The molecule has 0 aromatic heterocycles. The third-order valence-corrected chi connectivity index (χ3v) is 6.88. The van der Waals surface area contributed by atoms with E-state index in [1.807, 2.05) is 0 Å². The molecule has 0 unspecified atom stereocenters. The number of hydrogen-bond acceptors (Lipinski definition) is 6. The number of carbonyl (C=O) groups excluding carboxylic acids is 2. The Bertz CT molecular complexity index is 760. The maximum Gasteiger partial charge on any atom is 0.310 e. The zero-order chi connectivity index (χ0) is 21.3. The fraction of sp³-hybridized carbons (Fsp3) is 0.652. The van der Waals surface area contributed by atoms with Gasteiger partial charge in [0.25, 0.3) is 5.91 Å². The van der Waals surface area contributed by atoms with Crippen molar-refractivity contribution in [3.05, 3.63) is 17.7 Å². The van der Waals surface area contributed by atoms with Crippen LogP contribution in [0.4, 0.5) is 0 Å². The van der Waals surface area contributed by atoms with E-state index in [2.05, 4.69) is 5.32 Å². The highest BCUT2D eigenvalue weighted by atomic mass is 16.5. The van der Waals surface area contributed by atoms with Crippen LogP contribution in [-0.4, -0.2) is 45.4 Å². The minimum absolute atomic E-state index is 0.0152. The minimum atomic E-state index is -0.468. The van der Waals surface area contributed by atoms with Crippen molar-refractivity contribution >= 4 is 11.9 Å². The van der Waals surface area contributed by atoms with Gasteiger partial charge in [0.1, 0.15) is 0 Å². The monoisotopic (exact) mass is 417 g/mol. The molecule has 0 atom stereocenters. The Kier molecular flexibility index (Phi) is 5.80. The normalized spacial score (nSPS) is 28.7. The highest BCUT2D eigenvalue weighted by Gasteiger charge is 2.51. The number of hydrogen-bond donors (Lipinski definition) is 1. The zero-order valence-corrected chi connectivity index (χ0v) is 18.0. The van der Waals surface area contributed by atoms with Crippen molar-refractivity contribution in [3.63, 3.8) is 0 Å². The summed E-state index contributed by atoms with van der Waals surface area (Å²) < 4.78 is 21.2. The fourth-order valence-electron chi connectivity index (χ4n) is 6.20. The summed E-state index contributed by atoms with van der Waals surface area (Å²) in [6.07, 6.45) is 7.19. The molecule has 0 radical (unpaired) electrons. The number of ether oxygens (including phenoxy) is 4. The molecule has 0 heterocycles. The molecule has 4 aliphatic carbocycles. The lowest BCUT2D eigenvalue weighted by molar-refractivity contribution is -0.149. The average Bonchev–Trinajstić information content (AvgIpc) is 2.70.